The first-order valence-electron chi connectivity index (χ1n) is 5.08. The summed E-state index contributed by atoms with van der Waals surface area (Å²) in [5.74, 6) is 0.0716. The molecule has 0 saturated heterocycles. The summed E-state index contributed by atoms with van der Waals surface area (Å²) in [7, 11) is 1.51. The Bertz CT molecular complexity index is 631. The third kappa shape index (κ3) is 1.99. The van der Waals surface area contributed by atoms with E-state index in [1.165, 1.54) is 19.4 Å². The Morgan fingerprint density at radius 3 is 2.82 bits per heavy atom. The number of hydrogen-bond donors (Lipinski definition) is 1. The fourth-order valence-corrected chi connectivity index (χ4v) is 1.80. The maximum atomic E-state index is 11.7. The summed E-state index contributed by atoms with van der Waals surface area (Å²) in [4.78, 5) is 22.7. The maximum absolute atomic E-state index is 11.7. The van der Waals surface area contributed by atoms with Crippen LogP contribution in [0.2, 0.25) is 0 Å². The van der Waals surface area contributed by atoms with E-state index in [9.17, 15) is 9.59 Å². The largest absolute Gasteiger partial charge is 0.495 e. The molecule has 0 unspecified atom stereocenters. The van der Waals surface area contributed by atoms with Gasteiger partial charge in [-0.15, -0.1) is 0 Å². The van der Waals surface area contributed by atoms with Gasteiger partial charge in [0.1, 0.15) is 12.3 Å². The van der Waals surface area contributed by atoms with Gasteiger partial charge in [0, 0.05) is 17.6 Å². The lowest BCUT2D eigenvalue weighted by Gasteiger charge is -2.11. The SMILES string of the molecule is COc1cccc2c(=O)ccn(CC(N)=O)c12. The number of ether oxygens (including phenoxy) is 1. The number of benzene rings is 1. The number of methoxy groups -OCH3 is 1. The highest BCUT2D eigenvalue weighted by Crippen LogP contribution is 2.22. The maximum Gasteiger partial charge on any atom is 0.237 e. The molecule has 1 aromatic carbocycles. The van der Waals surface area contributed by atoms with Crippen LogP contribution in [0.4, 0.5) is 0 Å². The molecule has 0 aliphatic rings. The molecule has 2 aromatic rings. The molecule has 1 heterocycles. The standard InChI is InChI=1S/C12H12N2O3/c1-17-10-4-2-3-8-9(15)5-6-14(12(8)10)7-11(13)16/h2-6H,7H2,1H3,(H2,13,16). The molecule has 0 aliphatic heterocycles. The Balaban J connectivity index is 2.80. The number of nitrogens with zero attached hydrogens (tertiary/aromatic N) is 1. The van der Waals surface area contributed by atoms with Crippen LogP contribution in [0.25, 0.3) is 10.9 Å². The Kier molecular flexibility index (Phi) is 2.82. The number of aromatic nitrogens is 1. The minimum Gasteiger partial charge on any atom is -0.495 e. The molecule has 17 heavy (non-hydrogen) atoms. The second-order valence-electron chi connectivity index (χ2n) is 3.63. The predicted octanol–water partition coefficient (Wildman–Crippen LogP) is 0.495. The summed E-state index contributed by atoms with van der Waals surface area (Å²) in [6.45, 7) is 0.0111. The summed E-state index contributed by atoms with van der Waals surface area (Å²) >= 11 is 0. The number of nitrogens with two attached hydrogens (primary N) is 1. The lowest BCUT2D eigenvalue weighted by atomic mass is 10.2. The minimum absolute atomic E-state index is 0.0111. The van der Waals surface area contributed by atoms with Gasteiger partial charge in [0.2, 0.25) is 5.91 Å². The van der Waals surface area contributed by atoms with E-state index < -0.39 is 5.91 Å². The van der Waals surface area contributed by atoms with Crippen molar-refractivity contribution < 1.29 is 9.53 Å². The predicted molar refractivity (Wildman–Crippen MR) is 64.0 cm³/mol. The molecule has 0 fully saturated rings. The number of hydrogen-bond acceptors (Lipinski definition) is 3. The summed E-state index contributed by atoms with van der Waals surface area (Å²) in [5.41, 5.74) is 5.64. The normalized spacial score (nSPS) is 10.4. The monoisotopic (exact) mass is 232 g/mol. The molecule has 0 saturated carbocycles. The highest BCUT2D eigenvalue weighted by atomic mass is 16.5. The fraction of sp³-hybridized carbons (Fsp3) is 0.167. The molecule has 0 spiro atoms. The second-order valence-corrected chi connectivity index (χ2v) is 3.63. The van der Waals surface area contributed by atoms with E-state index in [4.69, 9.17) is 10.5 Å². The molecule has 0 radical (unpaired) electrons. The topological polar surface area (TPSA) is 74.3 Å². The Morgan fingerprint density at radius 2 is 2.18 bits per heavy atom. The van der Waals surface area contributed by atoms with Crippen molar-refractivity contribution >= 4 is 16.8 Å². The number of primary amides is 1. The van der Waals surface area contributed by atoms with Crippen LogP contribution in [0, 0.1) is 0 Å². The zero-order chi connectivity index (χ0) is 12.4. The highest BCUT2D eigenvalue weighted by molar-refractivity contribution is 5.86. The van der Waals surface area contributed by atoms with Crippen molar-refractivity contribution in [3.63, 3.8) is 0 Å². The van der Waals surface area contributed by atoms with E-state index in [2.05, 4.69) is 0 Å². The van der Waals surface area contributed by atoms with E-state index in [1.54, 1.807) is 22.8 Å². The van der Waals surface area contributed by atoms with Crippen LogP contribution in [0.1, 0.15) is 0 Å². The zero-order valence-corrected chi connectivity index (χ0v) is 9.34. The zero-order valence-electron chi connectivity index (χ0n) is 9.34. The van der Waals surface area contributed by atoms with Crippen molar-refractivity contribution in [2.45, 2.75) is 6.54 Å². The molecular formula is C12H12N2O3. The van der Waals surface area contributed by atoms with Crippen molar-refractivity contribution in [3.05, 3.63) is 40.7 Å². The highest BCUT2D eigenvalue weighted by Gasteiger charge is 2.09. The number of pyridine rings is 1. The van der Waals surface area contributed by atoms with Crippen molar-refractivity contribution in [2.75, 3.05) is 7.11 Å². The van der Waals surface area contributed by atoms with Crippen LogP contribution >= 0.6 is 0 Å². The number of rotatable bonds is 3. The van der Waals surface area contributed by atoms with Gasteiger partial charge in [-0.3, -0.25) is 9.59 Å². The number of amides is 1. The minimum atomic E-state index is -0.471. The van der Waals surface area contributed by atoms with Crippen LogP contribution in [-0.4, -0.2) is 17.6 Å². The number of carbonyl (C=O) groups excluding carboxylic acids is 1. The third-order valence-corrected chi connectivity index (χ3v) is 2.50. The molecular weight excluding hydrogens is 220 g/mol. The first kappa shape index (κ1) is 11.2. The number of para-hydroxylation sites is 1. The fourth-order valence-electron chi connectivity index (χ4n) is 1.80. The summed E-state index contributed by atoms with van der Waals surface area (Å²) in [5, 5.41) is 0.508. The molecule has 0 bridgehead atoms. The Hall–Kier alpha value is -2.30. The summed E-state index contributed by atoms with van der Waals surface area (Å²) in [6.07, 6.45) is 1.54. The molecule has 1 amide bonds. The molecule has 1 aromatic heterocycles. The van der Waals surface area contributed by atoms with Crippen molar-refractivity contribution in [1.29, 1.82) is 0 Å². The van der Waals surface area contributed by atoms with E-state index in [1.807, 2.05) is 0 Å². The number of fused-ring (bicyclic) bond motifs is 1. The quantitative estimate of drug-likeness (QED) is 0.837. The average Bonchev–Trinajstić information content (AvgIpc) is 2.31. The van der Waals surface area contributed by atoms with Gasteiger partial charge < -0.3 is 15.0 Å². The van der Waals surface area contributed by atoms with Crippen molar-refractivity contribution in [1.82, 2.24) is 4.57 Å². The molecule has 2 rings (SSSR count). The summed E-state index contributed by atoms with van der Waals surface area (Å²) in [6, 6.07) is 6.57. The van der Waals surface area contributed by atoms with Gasteiger partial charge >= 0.3 is 0 Å². The molecule has 2 N–H and O–H groups in total. The van der Waals surface area contributed by atoms with Gasteiger partial charge in [-0.1, -0.05) is 6.07 Å². The van der Waals surface area contributed by atoms with Crippen molar-refractivity contribution in [3.8, 4) is 5.75 Å². The molecule has 5 nitrogen and oxygen atoms in total. The van der Waals surface area contributed by atoms with Crippen LogP contribution in [0.3, 0.4) is 0 Å². The number of carbonyl (C=O) groups is 1. The van der Waals surface area contributed by atoms with Gasteiger partial charge in [0.25, 0.3) is 0 Å². The molecule has 5 heteroatoms. The van der Waals surface area contributed by atoms with E-state index in [0.29, 0.717) is 16.7 Å². The van der Waals surface area contributed by atoms with Gasteiger partial charge in [-0.25, -0.2) is 0 Å². The van der Waals surface area contributed by atoms with E-state index in [0.717, 1.165) is 0 Å². The molecule has 0 atom stereocenters. The van der Waals surface area contributed by atoms with E-state index in [-0.39, 0.29) is 12.0 Å². The lowest BCUT2D eigenvalue weighted by Crippen LogP contribution is -2.20. The van der Waals surface area contributed by atoms with Crippen LogP contribution < -0.4 is 15.9 Å². The van der Waals surface area contributed by atoms with Crippen LogP contribution in [-0.2, 0) is 11.3 Å². The van der Waals surface area contributed by atoms with E-state index >= 15 is 0 Å². The smallest absolute Gasteiger partial charge is 0.237 e. The van der Waals surface area contributed by atoms with Crippen molar-refractivity contribution in [2.24, 2.45) is 5.73 Å². The third-order valence-electron chi connectivity index (χ3n) is 2.50. The van der Waals surface area contributed by atoms with Crippen LogP contribution in [0.15, 0.2) is 35.3 Å². The van der Waals surface area contributed by atoms with Gasteiger partial charge in [-0.2, -0.15) is 0 Å². The second kappa shape index (κ2) is 4.29. The average molecular weight is 232 g/mol. The van der Waals surface area contributed by atoms with Crippen LogP contribution in [0.5, 0.6) is 5.75 Å². The molecule has 88 valence electrons. The lowest BCUT2D eigenvalue weighted by molar-refractivity contribution is -0.118. The Labute approximate surface area is 97.4 Å². The van der Waals surface area contributed by atoms with Gasteiger partial charge in [-0.05, 0) is 12.1 Å². The summed E-state index contributed by atoms with van der Waals surface area (Å²) < 4.78 is 6.80. The Morgan fingerprint density at radius 1 is 1.41 bits per heavy atom. The van der Waals surface area contributed by atoms with Gasteiger partial charge in [0.05, 0.1) is 12.6 Å². The first-order chi connectivity index (χ1) is 8.13. The molecule has 0 aliphatic carbocycles. The van der Waals surface area contributed by atoms with Gasteiger partial charge in [0.15, 0.2) is 5.43 Å². The first-order valence-corrected chi connectivity index (χ1v) is 5.08.